The maximum Gasteiger partial charge on any atom is 0.415 e. The second-order valence-electron chi connectivity index (χ2n) is 6.99. The second kappa shape index (κ2) is 6.71. The first-order valence-electron chi connectivity index (χ1n) is 8.80. The minimum atomic E-state index is -4.29. The molecule has 2 atom stereocenters. The Morgan fingerprint density at radius 3 is 2.19 bits per heavy atom. The van der Waals surface area contributed by atoms with Crippen molar-refractivity contribution in [3.63, 3.8) is 0 Å². The highest BCUT2D eigenvalue weighted by atomic mass is 19.4. The summed E-state index contributed by atoms with van der Waals surface area (Å²) in [4.78, 5) is 15.5. The molecule has 0 radical (unpaired) electrons. The molecule has 9 heteroatoms. The SMILES string of the molecule is O=C(Oc1ccc(C2CC2)cc1)N1CCN(C2NN[C@@H]2C(F)(F)F)CC1. The van der Waals surface area contributed by atoms with Gasteiger partial charge in [0.2, 0.25) is 0 Å². The molecule has 26 heavy (non-hydrogen) atoms. The number of ether oxygens (including phenoxy) is 1. The van der Waals surface area contributed by atoms with E-state index in [2.05, 4.69) is 10.9 Å². The summed E-state index contributed by atoms with van der Waals surface area (Å²) in [7, 11) is 0. The zero-order valence-corrected chi connectivity index (χ0v) is 14.1. The van der Waals surface area contributed by atoms with Gasteiger partial charge in [0.15, 0.2) is 0 Å². The van der Waals surface area contributed by atoms with Gasteiger partial charge in [-0.1, -0.05) is 12.1 Å². The number of hydrazine groups is 1. The minimum Gasteiger partial charge on any atom is -0.410 e. The highest BCUT2D eigenvalue weighted by Gasteiger charge is 2.52. The molecule has 1 aliphatic carbocycles. The molecule has 2 aliphatic heterocycles. The van der Waals surface area contributed by atoms with Gasteiger partial charge in [0.25, 0.3) is 0 Å². The number of hydrogen-bond acceptors (Lipinski definition) is 5. The van der Waals surface area contributed by atoms with Crippen molar-refractivity contribution < 1.29 is 22.7 Å². The van der Waals surface area contributed by atoms with E-state index in [0.29, 0.717) is 37.8 Å². The number of hydrogen-bond donors (Lipinski definition) is 2. The van der Waals surface area contributed by atoms with E-state index < -0.39 is 24.5 Å². The van der Waals surface area contributed by atoms with E-state index in [-0.39, 0.29) is 0 Å². The van der Waals surface area contributed by atoms with Crippen LogP contribution >= 0.6 is 0 Å². The Kier molecular flexibility index (Phi) is 4.54. The monoisotopic (exact) mass is 370 g/mol. The van der Waals surface area contributed by atoms with Crippen LogP contribution < -0.4 is 15.6 Å². The molecule has 2 N–H and O–H groups in total. The number of piperazine rings is 1. The third-order valence-corrected chi connectivity index (χ3v) is 5.15. The van der Waals surface area contributed by atoms with E-state index in [9.17, 15) is 18.0 Å². The third kappa shape index (κ3) is 3.65. The van der Waals surface area contributed by atoms with Crippen molar-refractivity contribution in [1.82, 2.24) is 20.7 Å². The summed E-state index contributed by atoms with van der Waals surface area (Å²) in [6, 6.07) is 5.96. The lowest BCUT2D eigenvalue weighted by Gasteiger charge is -2.48. The Morgan fingerprint density at radius 1 is 1.04 bits per heavy atom. The Balaban J connectivity index is 1.27. The van der Waals surface area contributed by atoms with Crippen molar-refractivity contribution in [2.45, 2.75) is 37.1 Å². The average Bonchev–Trinajstić information content (AvgIpc) is 3.38. The summed E-state index contributed by atoms with van der Waals surface area (Å²) in [5.74, 6) is 1.13. The van der Waals surface area contributed by atoms with Crippen LogP contribution in [-0.2, 0) is 0 Å². The highest BCUT2D eigenvalue weighted by molar-refractivity contribution is 5.70. The number of benzene rings is 1. The molecule has 0 bridgehead atoms. The fourth-order valence-corrected chi connectivity index (χ4v) is 3.38. The van der Waals surface area contributed by atoms with Gasteiger partial charge >= 0.3 is 12.3 Å². The number of amides is 1. The van der Waals surface area contributed by atoms with Crippen molar-refractivity contribution >= 4 is 6.09 Å². The smallest absolute Gasteiger partial charge is 0.410 e. The van der Waals surface area contributed by atoms with E-state index in [1.54, 1.807) is 17.0 Å². The summed E-state index contributed by atoms with van der Waals surface area (Å²) in [6.07, 6.45) is -3.12. The summed E-state index contributed by atoms with van der Waals surface area (Å²) in [5, 5.41) is 0. The molecular formula is C17H21F3N4O2. The molecule has 1 amide bonds. The topological polar surface area (TPSA) is 56.8 Å². The van der Waals surface area contributed by atoms with Crippen LogP contribution in [0.4, 0.5) is 18.0 Å². The molecule has 0 aromatic heterocycles. The van der Waals surface area contributed by atoms with Crippen LogP contribution in [0.15, 0.2) is 24.3 Å². The van der Waals surface area contributed by atoms with Gasteiger partial charge in [-0.3, -0.25) is 4.90 Å². The quantitative estimate of drug-likeness (QED) is 0.853. The molecule has 2 heterocycles. The number of alkyl halides is 3. The number of carbonyl (C=O) groups is 1. The highest BCUT2D eigenvalue weighted by Crippen LogP contribution is 2.40. The van der Waals surface area contributed by atoms with Crippen molar-refractivity contribution in [3.8, 4) is 5.75 Å². The van der Waals surface area contributed by atoms with Crippen LogP contribution in [0.5, 0.6) is 5.75 Å². The lowest BCUT2D eigenvalue weighted by Crippen LogP contribution is -2.79. The van der Waals surface area contributed by atoms with Gasteiger partial charge in [-0.05, 0) is 36.5 Å². The maximum atomic E-state index is 12.8. The van der Waals surface area contributed by atoms with Crippen molar-refractivity contribution in [1.29, 1.82) is 0 Å². The predicted octanol–water partition coefficient (Wildman–Crippen LogP) is 2.05. The fraction of sp³-hybridized carbons (Fsp3) is 0.588. The van der Waals surface area contributed by atoms with Gasteiger partial charge < -0.3 is 9.64 Å². The van der Waals surface area contributed by atoms with Crippen LogP contribution in [0.2, 0.25) is 0 Å². The normalized spacial score (nSPS) is 27.1. The summed E-state index contributed by atoms with van der Waals surface area (Å²) in [6.45, 7) is 1.40. The summed E-state index contributed by atoms with van der Waals surface area (Å²) >= 11 is 0. The van der Waals surface area contributed by atoms with E-state index in [1.165, 1.54) is 23.3 Å². The molecule has 0 spiro atoms. The van der Waals surface area contributed by atoms with Crippen LogP contribution in [0.25, 0.3) is 0 Å². The van der Waals surface area contributed by atoms with E-state index in [0.717, 1.165) is 0 Å². The number of nitrogens with zero attached hydrogens (tertiary/aromatic N) is 2. The first kappa shape index (κ1) is 17.6. The molecule has 1 aromatic carbocycles. The van der Waals surface area contributed by atoms with Gasteiger partial charge in [0.1, 0.15) is 11.8 Å². The number of carbonyl (C=O) groups excluding carboxylic acids is 1. The van der Waals surface area contributed by atoms with Crippen molar-refractivity contribution in [3.05, 3.63) is 29.8 Å². The van der Waals surface area contributed by atoms with E-state index in [1.807, 2.05) is 12.1 Å². The number of halogens is 3. The van der Waals surface area contributed by atoms with Crippen LogP contribution in [0, 0.1) is 0 Å². The molecule has 142 valence electrons. The number of nitrogens with one attached hydrogen (secondary N) is 2. The zero-order chi connectivity index (χ0) is 18.3. The summed E-state index contributed by atoms with van der Waals surface area (Å²) < 4.78 is 43.8. The Morgan fingerprint density at radius 2 is 1.69 bits per heavy atom. The number of rotatable bonds is 3. The van der Waals surface area contributed by atoms with Crippen molar-refractivity contribution in [2.24, 2.45) is 0 Å². The zero-order valence-electron chi connectivity index (χ0n) is 14.1. The molecule has 1 unspecified atom stereocenters. The Hall–Kier alpha value is -1.84. The first-order chi connectivity index (χ1) is 12.4. The lowest BCUT2D eigenvalue weighted by molar-refractivity contribution is -0.207. The average molecular weight is 370 g/mol. The van der Waals surface area contributed by atoms with Crippen LogP contribution in [0.1, 0.15) is 24.3 Å². The molecule has 3 aliphatic rings. The Labute approximate surface area is 149 Å². The Bertz CT molecular complexity index is 655. The molecular weight excluding hydrogens is 349 g/mol. The molecule has 3 fully saturated rings. The van der Waals surface area contributed by atoms with Gasteiger partial charge in [0.05, 0.1) is 6.17 Å². The lowest BCUT2D eigenvalue weighted by atomic mass is 10.1. The van der Waals surface area contributed by atoms with Crippen LogP contribution in [-0.4, -0.2) is 60.5 Å². The predicted molar refractivity (Wildman–Crippen MR) is 87.5 cm³/mol. The van der Waals surface area contributed by atoms with Crippen molar-refractivity contribution in [2.75, 3.05) is 26.2 Å². The minimum absolute atomic E-state index is 0.335. The molecule has 2 saturated heterocycles. The van der Waals surface area contributed by atoms with Gasteiger partial charge in [-0.2, -0.15) is 13.2 Å². The van der Waals surface area contributed by atoms with Gasteiger partial charge in [-0.15, -0.1) is 0 Å². The van der Waals surface area contributed by atoms with Gasteiger partial charge in [0, 0.05) is 26.2 Å². The molecule has 1 saturated carbocycles. The summed E-state index contributed by atoms with van der Waals surface area (Å²) in [5.41, 5.74) is 6.05. The second-order valence-corrected chi connectivity index (χ2v) is 6.99. The standard InChI is InChI=1S/C17H21F3N4O2/c18-17(19,20)14-15(22-21-14)23-7-9-24(10-8-23)16(25)26-13-5-3-12(4-6-13)11-1-2-11/h3-6,11,14-15,21-22H,1-2,7-10H2/t14-,15?/m0/s1. The molecule has 6 nitrogen and oxygen atoms in total. The van der Waals surface area contributed by atoms with Crippen LogP contribution in [0.3, 0.4) is 0 Å². The van der Waals surface area contributed by atoms with E-state index in [4.69, 9.17) is 4.74 Å². The molecule has 4 rings (SSSR count). The van der Waals surface area contributed by atoms with Gasteiger partial charge in [-0.25, -0.2) is 15.6 Å². The van der Waals surface area contributed by atoms with E-state index >= 15 is 0 Å². The molecule has 1 aromatic rings. The first-order valence-corrected chi connectivity index (χ1v) is 8.80. The largest absolute Gasteiger partial charge is 0.415 e. The third-order valence-electron chi connectivity index (χ3n) is 5.15. The maximum absolute atomic E-state index is 12.8. The fourth-order valence-electron chi connectivity index (χ4n) is 3.38.